The fourth-order valence-electron chi connectivity index (χ4n) is 3.09. The summed E-state index contributed by atoms with van der Waals surface area (Å²) in [6, 6.07) is 8.73. The summed E-state index contributed by atoms with van der Waals surface area (Å²) < 4.78 is 39.5. The number of amides is 1. The zero-order valence-corrected chi connectivity index (χ0v) is 19.6. The molecule has 0 unspecified atom stereocenters. The number of aromatic nitrogens is 2. The van der Waals surface area contributed by atoms with Gasteiger partial charge in [0.1, 0.15) is 11.2 Å². The normalized spacial score (nSPS) is 11.9. The molecule has 1 amide bonds. The van der Waals surface area contributed by atoms with Gasteiger partial charge in [0.05, 0.1) is 23.3 Å². The van der Waals surface area contributed by atoms with Crippen molar-refractivity contribution in [2.24, 2.45) is 0 Å². The van der Waals surface area contributed by atoms with Crippen LogP contribution >= 0.6 is 0 Å². The molecule has 0 radical (unpaired) electrons. The largest absolute Gasteiger partial charge is 0.465 e. The van der Waals surface area contributed by atoms with Crippen molar-refractivity contribution in [3.05, 3.63) is 59.4 Å². The zero-order chi connectivity index (χ0) is 23.8. The van der Waals surface area contributed by atoms with Gasteiger partial charge in [-0.15, -0.1) is 4.31 Å². The van der Waals surface area contributed by atoms with Crippen LogP contribution in [0.25, 0.3) is 5.65 Å². The number of aryl methyl sites for hydroxylation is 2. The van der Waals surface area contributed by atoms with Crippen molar-refractivity contribution >= 4 is 33.6 Å². The van der Waals surface area contributed by atoms with E-state index in [-0.39, 0.29) is 16.3 Å². The summed E-state index contributed by atoms with van der Waals surface area (Å²) >= 11 is 0. The average Bonchev–Trinajstić information content (AvgIpc) is 3.04. The summed E-state index contributed by atoms with van der Waals surface area (Å²) in [4.78, 5) is 29.1. The molecule has 0 spiro atoms. The van der Waals surface area contributed by atoms with Crippen molar-refractivity contribution in [1.82, 2.24) is 9.38 Å². The number of anilines is 1. The predicted molar refractivity (Wildman–Crippen MR) is 118 cm³/mol. The average molecular weight is 460 g/mol. The summed E-state index contributed by atoms with van der Waals surface area (Å²) in [6.45, 7) is 8.43. The SMILES string of the molecule is COC(=O)c1ccc(S(=O)(=O)N(C(=O)OC(C)(C)C)c2nc3c(C)cccn3c2C)cc1. The van der Waals surface area contributed by atoms with Crippen LogP contribution in [0.3, 0.4) is 0 Å². The highest BCUT2D eigenvalue weighted by Gasteiger charge is 2.38. The Bertz CT molecular complexity index is 1290. The standard InChI is InChI=1S/C22H25N3O6S/c1-14-8-7-13-24-15(2)19(23-18(14)24)25(21(27)31-22(3,4)5)32(28,29)17-11-9-16(10-12-17)20(26)30-6/h7-13H,1-6H3. The fraction of sp³-hybridized carbons (Fsp3) is 0.318. The number of hydrogen-bond donors (Lipinski definition) is 0. The molecular formula is C22H25N3O6S. The maximum atomic E-state index is 13.6. The minimum Gasteiger partial charge on any atom is -0.465 e. The van der Waals surface area contributed by atoms with E-state index in [9.17, 15) is 18.0 Å². The van der Waals surface area contributed by atoms with Crippen LogP contribution in [0.1, 0.15) is 42.4 Å². The first-order valence-electron chi connectivity index (χ1n) is 9.78. The third kappa shape index (κ3) is 4.31. The molecule has 0 fully saturated rings. The van der Waals surface area contributed by atoms with Crippen molar-refractivity contribution in [3.8, 4) is 0 Å². The number of benzene rings is 1. The van der Waals surface area contributed by atoms with Gasteiger partial charge in [-0.3, -0.25) is 0 Å². The van der Waals surface area contributed by atoms with E-state index in [2.05, 4.69) is 9.72 Å². The first-order valence-corrected chi connectivity index (χ1v) is 11.2. The zero-order valence-electron chi connectivity index (χ0n) is 18.7. The van der Waals surface area contributed by atoms with Crippen molar-refractivity contribution in [3.63, 3.8) is 0 Å². The lowest BCUT2D eigenvalue weighted by Crippen LogP contribution is -2.41. The minimum atomic E-state index is -4.43. The molecule has 3 rings (SSSR count). The van der Waals surface area contributed by atoms with E-state index in [1.54, 1.807) is 44.4 Å². The van der Waals surface area contributed by atoms with Crippen LogP contribution in [0.15, 0.2) is 47.5 Å². The van der Waals surface area contributed by atoms with Gasteiger partial charge in [0.2, 0.25) is 0 Å². The molecule has 32 heavy (non-hydrogen) atoms. The molecule has 0 N–H and O–H groups in total. The third-order valence-corrected chi connectivity index (χ3v) is 6.29. The first-order chi connectivity index (χ1) is 14.9. The Morgan fingerprint density at radius 2 is 1.69 bits per heavy atom. The number of nitrogens with zero attached hydrogens (tertiary/aromatic N) is 3. The quantitative estimate of drug-likeness (QED) is 0.545. The Morgan fingerprint density at radius 1 is 1.06 bits per heavy atom. The third-order valence-electron chi connectivity index (χ3n) is 4.62. The van der Waals surface area contributed by atoms with Crippen molar-refractivity contribution in [2.45, 2.75) is 45.1 Å². The number of methoxy groups -OCH3 is 1. The lowest BCUT2D eigenvalue weighted by atomic mass is 10.2. The summed E-state index contributed by atoms with van der Waals surface area (Å²) in [6.07, 6.45) is 0.651. The van der Waals surface area contributed by atoms with E-state index in [0.717, 1.165) is 5.56 Å². The lowest BCUT2D eigenvalue weighted by Gasteiger charge is -2.26. The molecule has 9 nitrogen and oxygen atoms in total. The number of fused-ring (bicyclic) bond motifs is 1. The maximum Gasteiger partial charge on any atom is 0.430 e. The monoisotopic (exact) mass is 459 g/mol. The van der Waals surface area contributed by atoms with E-state index < -0.39 is 27.7 Å². The van der Waals surface area contributed by atoms with Crippen molar-refractivity contribution in [2.75, 3.05) is 11.4 Å². The molecule has 0 saturated carbocycles. The maximum absolute atomic E-state index is 13.6. The van der Waals surface area contributed by atoms with Gasteiger partial charge in [-0.25, -0.2) is 23.0 Å². The van der Waals surface area contributed by atoms with E-state index >= 15 is 0 Å². The number of carbonyl (C=O) groups excluding carboxylic acids is 2. The predicted octanol–water partition coefficient (Wildman–Crippen LogP) is 3.87. The fourth-order valence-corrected chi connectivity index (χ4v) is 4.42. The molecule has 0 atom stereocenters. The molecule has 0 aliphatic carbocycles. The summed E-state index contributed by atoms with van der Waals surface area (Å²) in [7, 11) is -3.20. The summed E-state index contributed by atoms with van der Waals surface area (Å²) in [5.74, 6) is -0.671. The molecule has 10 heteroatoms. The van der Waals surface area contributed by atoms with Crippen molar-refractivity contribution < 1.29 is 27.5 Å². The molecule has 2 aromatic heterocycles. The second-order valence-corrected chi connectivity index (χ2v) is 9.96. The van der Waals surface area contributed by atoms with E-state index in [1.165, 1.54) is 31.4 Å². The number of imidazole rings is 1. The molecular weight excluding hydrogens is 434 g/mol. The summed E-state index contributed by atoms with van der Waals surface area (Å²) in [5.41, 5.74) is 1.01. The van der Waals surface area contributed by atoms with Crippen LogP contribution < -0.4 is 4.31 Å². The van der Waals surface area contributed by atoms with Gasteiger partial charge in [0, 0.05) is 6.20 Å². The van der Waals surface area contributed by atoms with Gasteiger partial charge < -0.3 is 13.9 Å². The molecule has 0 aliphatic rings. The Labute approximate surface area is 186 Å². The van der Waals surface area contributed by atoms with Crippen LogP contribution in [-0.4, -0.2) is 42.6 Å². The molecule has 170 valence electrons. The number of sulfonamides is 1. The number of ether oxygens (including phenoxy) is 2. The Balaban J connectivity index is 2.19. The van der Waals surface area contributed by atoms with Gasteiger partial charge in [-0.2, -0.15) is 0 Å². The Kier molecular flexibility index (Phi) is 6.01. The van der Waals surface area contributed by atoms with Gasteiger partial charge in [-0.1, -0.05) is 6.07 Å². The minimum absolute atomic E-state index is 0.0643. The second kappa shape index (κ2) is 8.27. The molecule has 0 bridgehead atoms. The highest BCUT2D eigenvalue weighted by molar-refractivity contribution is 7.93. The number of rotatable bonds is 4. The second-order valence-electron chi connectivity index (χ2n) is 8.17. The number of carbonyl (C=O) groups is 2. The van der Waals surface area contributed by atoms with E-state index in [0.29, 0.717) is 15.6 Å². The van der Waals surface area contributed by atoms with Crippen molar-refractivity contribution in [1.29, 1.82) is 0 Å². The van der Waals surface area contributed by atoms with Crippen LogP contribution in [0.5, 0.6) is 0 Å². The first kappa shape index (κ1) is 23.3. The number of esters is 1. The van der Waals surface area contributed by atoms with Crippen LogP contribution in [-0.2, 0) is 19.5 Å². The summed E-state index contributed by atoms with van der Waals surface area (Å²) in [5, 5.41) is 0. The number of hydrogen-bond acceptors (Lipinski definition) is 7. The van der Waals surface area contributed by atoms with Gasteiger partial charge in [-0.05, 0) is 70.5 Å². The molecule has 0 aliphatic heterocycles. The molecule has 3 aromatic rings. The van der Waals surface area contributed by atoms with E-state index in [4.69, 9.17) is 4.74 Å². The smallest absolute Gasteiger partial charge is 0.430 e. The highest BCUT2D eigenvalue weighted by Crippen LogP contribution is 2.30. The van der Waals surface area contributed by atoms with Gasteiger partial charge >= 0.3 is 12.1 Å². The van der Waals surface area contributed by atoms with Gasteiger partial charge in [0.15, 0.2) is 5.82 Å². The molecule has 0 saturated heterocycles. The van der Waals surface area contributed by atoms with Crippen LogP contribution in [0, 0.1) is 13.8 Å². The van der Waals surface area contributed by atoms with E-state index in [1.807, 2.05) is 13.0 Å². The topological polar surface area (TPSA) is 107 Å². The van der Waals surface area contributed by atoms with Crippen LogP contribution in [0.4, 0.5) is 10.6 Å². The highest BCUT2D eigenvalue weighted by atomic mass is 32.2. The van der Waals surface area contributed by atoms with Gasteiger partial charge in [0.25, 0.3) is 10.0 Å². The Morgan fingerprint density at radius 3 is 2.22 bits per heavy atom. The van der Waals surface area contributed by atoms with Crippen LogP contribution in [0.2, 0.25) is 0 Å². The lowest BCUT2D eigenvalue weighted by molar-refractivity contribution is 0.0592. The molecule has 1 aromatic carbocycles. The Hall–Kier alpha value is -3.40. The molecule has 2 heterocycles. The number of pyridine rings is 1.